The first-order valence-corrected chi connectivity index (χ1v) is 9.59. The van der Waals surface area contributed by atoms with Gasteiger partial charge in [0.1, 0.15) is 0 Å². The molecule has 0 amide bonds. The third-order valence-electron chi connectivity index (χ3n) is 3.47. The fourth-order valence-corrected chi connectivity index (χ4v) is 3.84. The first kappa shape index (κ1) is 19.3. The second kappa shape index (κ2) is 7.88. The standard InChI is InChI=1S/C17H19BrN2O4S/c1-11-5-6-16(12(2)7-11)25(21,22)20-19-10-13-8-14(18)9-15(23-3)17(13)24-4/h5-10,20H,1-4H3/b19-10+. The van der Waals surface area contributed by atoms with E-state index < -0.39 is 10.0 Å². The summed E-state index contributed by atoms with van der Waals surface area (Å²) in [6.45, 7) is 3.65. The summed E-state index contributed by atoms with van der Waals surface area (Å²) in [5, 5.41) is 3.86. The zero-order chi connectivity index (χ0) is 18.6. The van der Waals surface area contributed by atoms with Crippen LogP contribution >= 0.6 is 15.9 Å². The minimum Gasteiger partial charge on any atom is -0.493 e. The third-order valence-corrected chi connectivity index (χ3v) is 5.31. The molecular weight excluding hydrogens is 408 g/mol. The van der Waals surface area contributed by atoms with E-state index in [1.807, 2.05) is 6.92 Å². The first-order chi connectivity index (χ1) is 11.8. The predicted molar refractivity (Wildman–Crippen MR) is 101 cm³/mol. The van der Waals surface area contributed by atoms with Crippen LogP contribution in [0.4, 0.5) is 0 Å². The molecule has 0 saturated carbocycles. The Kier molecular flexibility index (Phi) is 6.07. The van der Waals surface area contributed by atoms with Gasteiger partial charge in [0.2, 0.25) is 0 Å². The molecule has 2 rings (SSSR count). The summed E-state index contributed by atoms with van der Waals surface area (Å²) in [5.41, 5.74) is 2.22. The molecule has 0 aliphatic heterocycles. The number of nitrogens with zero attached hydrogens (tertiary/aromatic N) is 1. The number of hydrogen-bond acceptors (Lipinski definition) is 5. The number of sulfonamides is 1. The minimum atomic E-state index is -3.75. The SMILES string of the molecule is COc1cc(Br)cc(/C=N/NS(=O)(=O)c2ccc(C)cc2C)c1OC. The van der Waals surface area contributed by atoms with Crippen molar-refractivity contribution in [1.82, 2.24) is 4.83 Å². The Bertz CT molecular complexity index is 911. The van der Waals surface area contributed by atoms with E-state index >= 15 is 0 Å². The summed E-state index contributed by atoms with van der Waals surface area (Å²) in [6.07, 6.45) is 1.37. The van der Waals surface area contributed by atoms with Crippen LogP contribution < -0.4 is 14.3 Å². The van der Waals surface area contributed by atoms with Crippen molar-refractivity contribution in [2.45, 2.75) is 18.7 Å². The van der Waals surface area contributed by atoms with Gasteiger partial charge in [-0.25, -0.2) is 4.83 Å². The summed E-state index contributed by atoms with van der Waals surface area (Å²) in [5.74, 6) is 0.968. The normalized spacial score (nSPS) is 11.6. The molecule has 8 heteroatoms. The van der Waals surface area contributed by atoms with E-state index in [9.17, 15) is 8.42 Å². The van der Waals surface area contributed by atoms with Gasteiger partial charge in [-0.1, -0.05) is 33.6 Å². The van der Waals surface area contributed by atoms with Crippen molar-refractivity contribution >= 4 is 32.2 Å². The molecule has 0 heterocycles. The third kappa shape index (κ3) is 4.52. The van der Waals surface area contributed by atoms with E-state index in [2.05, 4.69) is 25.9 Å². The average Bonchev–Trinajstić information content (AvgIpc) is 2.53. The average molecular weight is 427 g/mol. The number of aryl methyl sites for hydroxylation is 2. The monoisotopic (exact) mass is 426 g/mol. The van der Waals surface area contributed by atoms with Crippen LogP contribution in [0.1, 0.15) is 16.7 Å². The van der Waals surface area contributed by atoms with E-state index in [0.29, 0.717) is 22.6 Å². The van der Waals surface area contributed by atoms with E-state index in [0.717, 1.165) is 10.0 Å². The molecule has 6 nitrogen and oxygen atoms in total. The van der Waals surface area contributed by atoms with E-state index in [-0.39, 0.29) is 4.90 Å². The molecular formula is C17H19BrN2O4S. The molecule has 2 aromatic rings. The molecule has 0 bridgehead atoms. The van der Waals surface area contributed by atoms with Gasteiger partial charge >= 0.3 is 0 Å². The molecule has 0 aromatic heterocycles. The maximum atomic E-state index is 12.4. The fourth-order valence-electron chi connectivity index (χ4n) is 2.37. The second-order valence-electron chi connectivity index (χ2n) is 5.35. The van der Waals surface area contributed by atoms with Gasteiger partial charge in [0.25, 0.3) is 10.0 Å². The Labute approximate surface area is 156 Å². The predicted octanol–water partition coefficient (Wildman–Crippen LogP) is 3.40. The number of methoxy groups -OCH3 is 2. The second-order valence-corrected chi connectivity index (χ2v) is 7.90. The number of rotatable bonds is 6. The van der Waals surface area contributed by atoms with Crippen LogP contribution in [-0.2, 0) is 10.0 Å². The number of benzene rings is 2. The van der Waals surface area contributed by atoms with E-state index in [4.69, 9.17) is 9.47 Å². The molecule has 0 radical (unpaired) electrons. The lowest BCUT2D eigenvalue weighted by Gasteiger charge is -2.11. The van der Waals surface area contributed by atoms with Crippen molar-refractivity contribution in [3.05, 3.63) is 51.5 Å². The van der Waals surface area contributed by atoms with E-state index in [1.165, 1.54) is 20.4 Å². The van der Waals surface area contributed by atoms with Gasteiger partial charge in [0.05, 0.1) is 25.3 Å². The van der Waals surface area contributed by atoms with Gasteiger partial charge in [0, 0.05) is 10.0 Å². The summed E-state index contributed by atoms with van der Waals surface area (Å²) in [6, 6.07) is 8.60. The van der Waals surface area contributed by atoms with Crippen LogP contribution in [0, 0.1) is 13.8 Å². The quantitative estimate of drug-likeness (QED) is 0.567. The topological polar surface area (TPSA) is 77.0 Å². The molecule has 0 aliphatic carbocycles. The Morgan fingerprint density at radius 1 is 1.12 bits per heavy atom. The smallest absolute Gasteiger partial charge is 0.276 e. The first-order valence-electron chi connectivity index (χ1n) is 7.32. The Balaban J connectivity index is 2.30. The molecule has 0 unspecified atom stereocenters. The van der Waals surface area contributed by atoms with Gasteiger partial charge in [-0.3, -0.25) is 0 Å². The van der Waals surface area contributed by atoms with Crippen molar-refractivity contribution in [3.8, 4) is 11.5 Å². The lowest BCUT2D eigenvalue weighted by Crippen LogP contribution is -2.19. The number of halogens is 1. The minimum absolute atomic E-state index is 0.189. The van der Waals surface area contributed by atoms with Crippen LogP contribution in [0.3, 0.4) is 0 Å². The van der Waals surface area contributed by atoms with Crippen molar-refractivity contribution in [3.63, 3.8) is 0 Å². The summed E-state index contributed by atoms with van der Waals surface area (Å²) >= 11 is 3.37. The summed E-state index contributed by atoms with van der Waals surface area (Å²) < 4.78 is 36.1. The zero-order valence-corrected chi connectivity index (χ0v) is 16.7. The van der Waals surface area contributed by atoms with Crippen LogP contribution in [-0.4, -0.2) is 28.9 Å². The highest BCUT2D eigenvalue weighted by Gasteiger charge is 2.16. The summed E-state index contributed by atoms with van der Waals surface area (Å²) in [4.78, 5) is 2.41. The van der Waals surface area contributed by atoms with Crippen LogP contribution in [0.2, 0.25) is 0 Å². The lowest BCUT2D eigenvalue weighted by molar-refractivity contribution is 0.354. The van der Waals surface area contributed by atoms with Crippen molar-refractivity contribution in [1.29, 1.82) is 0 Å². The van der Waals surface area contributed by atoms with Crippen molar-refractivity contribution < 1.29 is 17.9 Å². The Morgan fingerprint density at radius 2 is 1.84 bits per heavy atom. The van der Waals surface area contributed by atoms with E-state index in [1.54, 1.807) is 37.3 Å². The number of hydrazone groups is 1. The number of ether oxygens (including phenoxy) is 2. The molecule has 1 N–H and O–H groups in total. The van der Waals surface area contributed by atoms with Crippen molar-refractivity contribution in [2.75, 3.05) is 14.2 Å². The highest BCUT2D eigenvalue weighted by atomic mass is 79.9. The lowest BCUT2D eigenvalue weighted by atomic mass is 10.2. The van der Waals surface area contributed by atoms with Gasteiger partial charge in [-0.05, 0) is 37.6 Å². The zero-order valence-electron chi connectivity index (χ0n) is 14.3. The molecule has 0 aliphatic rings. The van der Waals surface area contributed by atoms with Gasteiger partial charge in [-0.2, -0.15) is 13.5 Å². The molecule has 25 heavy (non-hydrogen) atoms. The molecule has 0 saturated heterocycles. The van der Waals surface area contributed by atoms with Gasteiger partial charge < -0.3 is 9.47 Å². The Hall–Kier alpha value is -2.06. The van der Waals surface area contributed by atoms with Crippen LogP contribution in [0.5, 0.6) is 11.5 Å². The molecule has 0 fully saturated rings. The Morgan fingerprint density at radius 3 is 2.44 bits per heavy atom. The maximum Gasteiger partial charge on any atom is 0.276 e. The highest BCUT2D eigenvalue weighted by Crippen LogP contribution is 2.33. The van der Waals surface area contributed by atoms with Gasteiger partial charge in [-0.15, -0.1) is 0 Å². The van der Waals surface area contributed by atoms with Crippen LogP contribution in [0.25, 0.3) is 0 Å². The number of nitrogens with one attached hydrogen (secondary N) is 1. The van der Waals surface area contributed by atoms with Crippen LogP contribution in [0.15, 0.2) is 44.8 Å². The largest absolute Gasteiger partial charge is 0.493 e. The summed E-state index contributed by atoms with van der Waals surface area (Å²) in [7, 11) is -0.730. The van der Waals surface area contributed by atoms with Crippen molar-refractivity contribution in [2.24, 2.45) is 5.10 Å². The maximum absolute atomic E-state index is 12.4. The molecule has 2 aromatic carbocycles. The molecule has 134 valence electrons. The molecule has 0 spiro atoms. The molecule has 0 atom stereocenters. The fraction of sp³-hybridized carbons (Fsp3) is 0.235. The van der Waals surface area contributed by atoms with Gasteiger partial charge in [0.15, 0.2) is 11.5 Å². The number of hydrogen-bond donors (Lipinski definition) is 1. The highest BCUT2D eigenvalue weighted by molar-refractivity contribution is 9.10.